The smallest absolute Gasteiger partial charge is 0.165 e. The highest BCUT2D eigenvalue weighted by atomic mass is 16.3. The number of aromatic nitrogens is 2. The number of nitrogens with zero attached hydrogens (tertiary/aromatic N) is 2. The first kappa shape index (κ1) is 19.3. The van der Waals surface area contributed by atoms with E-state index in [2.05, 4.69) is 38.0 Å². The van der Waals surface area contributed by atoms with Crippen molar-refractivity contribution < 1.29 is 9.90 Å². The Bertz CT molecular complexity index is 896. The van der Waals surface area contributed by atoms with E-state index in [9.17, 15) is 9.90 Å². The molecule has 4 nitrogen and oxygen atoms in total. The van der Waals surface area contributed by atoms with Gasteiger partial charge in [0.25, 0.3) is 0 Å². The Morgan fingerprint density at radius 2 is 2.00 bits per heavy atom. The van der Waals surface area contributed by atoms with Crippen LogP contribution in [0.25, 0.3) is 6.08 Å². The molecule has 4 heteroatoms. The summed E-state index contributed by atoms with van der Waals surface area (Å²) >= 11 is 0. The van der Waals surface area contributed by atoms with Crippen molar-refractivity contribution in [2.75, 3.05) is 0 Å². The number of hydrogen-bond acceptors (Lipinski definition) is 3. The van der Waals surface area contributed by atoms with E-state index in [0.717, 1.165) is 62.8 Å². The van der Waals surface area contributed by atoms with E-state index in [1.807, 2.05) is 16.9 Å². The van der Waals surface area contributed by atoms with Crippen molar-refractivity contribution in [1.82, 2.24) is 9.78 Å². The lowest BCUT2D eigenvalue weighted by Crippen LogP contribution is -2.50. The number of aliphatic hydroxyl groups excluding tert-OH is 1. The molecule has 1 aromatic rings. The molecule has 5 rings (SSSR count). The third-order valence-corrected chi connectivity index (χ3v) is 9.03. The van der Waals surface area contributed by atoms with Crippen LogP contribution in [0.2, 0.25) is 0 Å². The van der Waals surface area contributed by atoms with Gasteiger partial charge in [-0.25, -0.2) is 0 Å². The van der Waals surface area contributed by atoms with E-state index in [0.29, 0.717) is 23.5 Å². The molecule has 3 saturated carbocycles. The van der Waals surface area contributed by atoms with Gasteiger partial charge in [-0.1, -0.05) is 25.5 Å². The van der Waals surface area contributed by atoms with E-state index in [-0.39, 0.29) is 16.9 Å². The lowest BCUT2D eigenvalue weighted by molar-refractivity contribution is -0.130. The molecule has 1 heterocycles. The van der Waals surface area contributed by atoms with Crippen LogP contribution < -0.4 is 0 Å². The Labute approximate surface area is 174 Å². The fourth-order valence-corrected chi connectivity index (χ4v) is 7.25. The van der Waals surface area contributed by atoms with Crippen LogP contribution in [-0.4, -0.2) is 26.8 Å². The number of allylic oxidation sites excluding steroid dienone is 2. The molecule has 156 valence electrons. The number of rotatable bonds is 2. The van der Waals surface area contributed by atoms with Crippen LogP contribution in [0.15, 0.2) is 29.5 Å². The van der Waals surface area contributed by atoms with Crippen molar-refractivity contribution in [3.05, 3.63) is 35.2 Å². The van der Waals surface area contributed by atoms with Gasteiger partial charge in [-0.2, -0.15) is 5.10 Å². The molecule has 0 aromatic carbocycles. The van der Waals surface area contributed by atoms with E-state index >= 15 is 0 Å². The molecule has 0 bridgehead atoms. The summed E-state index contributed by atoms with van der Waals surface area (Å²) in [5.74, 6) is 2.04. The molecule has 0 spiro atoms. The average Bonchev–Trinajstić information content (AvgIpc) is 3.26. The third kappa shape index (κ3) is 2.82. The van der Waals surface area contributed by atoms with Gasteiger partial charge in [0.15, 0.2) is 5.78 Å². The fourth-order valence-electron chi connectivity index (χ4n) is 7.25. The minimum absolute atomic E-state index is 0.162. The normalized spacial score (nSPS) is 43.0. The molecule has 0 aliphatic heterocycles. The van der Waals surface area contributed by atoms with Crippen molar-refractivity contribution in [2.45, 2.75) is 78.4 Å². The fraction of sp³-hybridized carbons (Fsp3) is 0.680. The average molecular weight is 395 g/mol. The van der Waals surface area contributed by atoms with Crippen molar-refractivity contribution in [3.8, 4) is 0 Å². The summed E-state index contributed by atoms with van der Waals surface area (Å²) in [6.07, 6.45) is 13.3. The predicted molar refractivity (Wildman–Crippen MR) is 114 cm³/mol. The zero-order valence-corrected chi connectivity index (χ0v) is 18.0. The molecular formula is C25H34N2O2. The lowest BCUT2D eigenvalue weighted by atomic mass is 9.48. The zero-order chi connectivity index (χ0) is 20.4. The first-order valence-corrected chi connectivity index (χ1v) is 11.5. The highest BCUT2D eigenvalue weighted by molar-refractivity contribution is 6.05. The van der Waals surface area contributed by atoms with Gasteiger partial charge in [0, 0.05) is 18.2 Å². The van der Waals surface area contributed by atoms with Crippen LogP contribution in [0.3, 0.4) is 0 Å². The highest BCUT2D eigenvalue weighted by Gasteiger charge is 2.59. The Morgan fingerprint density at radius 3 is 2.76 bits per heavy atom. The summed E-state index contributed by atoms with van der Waals surface area (Å²) in [7, 11) is 0. The molecule has 4 aliphatic carbocycles. The second-order valence-corrected chi connectivity index (χ2v) is 10.4. The van der Waals surface area contributed by atoms with Crippen LogP contribution in [-0.2, 0) is 11.3 Å². The van der Waals surface area contributed by atoms with Crippen molar-refractivity contribution >= 4 is 11.9 Å². The maximum absolute atomic E-state index is 13.5. The number of hydrogen-bond donors (Lipinski definition) is 1. The molecule has 0 amide bonds. The molecule has 1 N–H and O–H groups in total. The number of carbonyl (C=O) groups is 1. The van der Waals surface area contributed by atoms with Crippen LogP contribution in [0.5, 0.6) is 0 Å². The summed E-state index contributed by atoms with van der Waals surface area (Å²) in [5, 5.41) is 14.8. The second kappa shape index (κ2) is 6.66. The summed E-state index contributed by atoms with van der Waals surface area (Å²) < 4.78 is 1.92. The van der Waals surface area contributed by atoms with Gasteiger partial charge in [-0.15, -0.1) is 0 Å². The van der Waals surface area contributed by atoms with Gasteiger partial charge in [0.05, 0.1) is 11.8 Å². The molecule has 0 unspecified atom stereocenters. The topological polar surface area (TPSA) is 55.1 Å². The Hall–Kier alpha value is -1.68. The summed E-state index contributed by atoms with van der Waals surface area (Å²) in [5.41, 5.74) is 3.40. The standard InChI is InChI=1S/C25H34N2O2/c1-4-27-12-9-18(26-27)13-16-14-22-20-6-5-17-15-19(28)7-10-24(17,2)21(20)8-11-25(22,3)23(16)29/h5,9,12-13,19-22,28H,4,6-8,10-11,14-15H2,1-3H3/b16-13+/t19-,20-,21+,22+,24+,25+/m1/s1. The molecule has 0 radical (unpaired) electrons. The first-order valence-electron chi connectivity index (χ1n) is 11.5. The first-order chi connectivity index (χ1) is 13.8. The Morgan fingerprint density at radius 1 is 1.21 bits per heavy atom. The molecule has 1 aromatic heterocycles. The van der Waals surface area contributed by atoms with E-state index in [1.54, 1.807) is 0 Å². The van der Waals surface area contributed by atoms with Crippen molar-refractivity contribution in [2.24, 2.45) is 28.6 Å². The monoisotopic (exact) mass is 394 g/mol. The Kier molecular flexibility index (Phi) is 4.43. The van der Waals surface area contributed by atoms with E-state index in [1.165, 1.54) is 5.57 Å². The molecular weight excluding hydrogens is 360 g/mol. The number of Topliss-reactive ketones (excluding diaryl/α,β-unsaturated/α-hetero) is 1. The summed E-state index contributed by atoms with van der Waals surface area (Å²) in [6.45, 7) is 7.60. The number of aliphatic hydroxyl groups is 1. The van der Waals surface area contributed by atoms with Crippen LogP contribution in [0.1, 0.15) is 71.4 Å². The molecule has 0 saturated heterocycles. The minimum atomic E-state index is -0.212. The minimum Gasteiger partial charge on any atom is -0.393 e. The maximum atomic E-state index is 13.5. The SMILES string of the molecule is CCn1ccc(/C=C2\C[C@H]3[C@@H]4CC=C5C[C@H](O)CC[C@]5(C)[C@H]4CC[C@]3(C)C2=O)n1. The van der Waals surface area contributed by atoms with Gasteiger partial charge in [-0.05, 0) is 92.8 Å². The van der Waals surface area contributed by atoms with Crippen LogP contribution >= 0.6 is 0 Å². The molecule has 6 atom stereocenters. The van der Waals surface area contributed by atoms with E-state index in [4.69, 9.17) is 0 Å². The predicted octanol–water partition coefficient (Wildman–Crippen LogP) is 4.79. The number of aryl methyl sites for hydroxylation is 1. The van der Waals surface area contributed by atoms with Crippen molar-refractivity contribution in [1.29, 1.82) is 0 Å². The number of fused-ring (bicyclic) bond motifs is 5. The third-order valence-electron chi connectivity index (χ3n) is 9.03. The number of carbonyl (C=O) groups excluding carboxylic acids is 1. The summed E-state index contributed by atoms with van der Waals surface area (Å²) in [4.78, 5) is 13.5. The van der Waals surface area contributed by atoms with Crippen LogP contribution in [0, 0.1) is 28.6 Å². The zero-order valence-electron chi connectivity index (χ0n) is 18.0. The van der Waals surface area contributed by atoms with Crippen molar-refractivity contribution in [3.63, 3.8) is 0 Å². The second-order valence-electron chi connectivity index (χ2n) is 10.4. The van der Waals surface area contributed by atoms with Gasteiger partial charge >= 0.3 is 0 Å². The highest BCUT2D eigenvalue weighted by Crippen LogP contribution is 2.64. The number of ketones is 1. The van der Waals surface area contributed by atoms with Gasteiger partial charge in [0.2, 0.25) is 0 Å². The lowest BCUT2D eigenvalue weighted by Gasteiger charge is -2.56. The largest absolute Gasteiger partial charge is 0.393 e. The Balaban J connectivity index is 1.46. The van der Waals surface area contributed by atoms with E-state index < -0.39 is 0 Å². The quantitative estimate of drug-likeness (QED) is 0.580. The van der Waals surface area contributed by atoms with Gasteiger partial charge in [-0.3, -0.25) is 9.48 Å². The van der Waals surface area contributed by atoms with Crippen LogP contribution in [0.4, 0.5) is 0 Å². The summed E-state index contributed by atoms with van der Waals surface area (Å²) in [6, 6.07) is 2.01. The van der Waals surface area contributed by atoms with Gasteiger partial charge in [0.1, 0.15) is 0 Å². The molecule has 3 fully saturated rings. The molecule has 29 heavy (non-hydrogen) atoms. The maximum Gasteiger partial charge on any atom is 0.165 e. The van der Waals surface area contributed by atoms with Gasteiger partial charge < -0.3 is 5.11 Å². The molecule has 4 aliphatic rings.